The van der Waals surface area contributed by atoms with Gasteiger partial charge in [0.15, 0.2) is 0 Å². The van der Waals surface area contributed by atoms with E-state index in [-0.39, 0.29) is 11.6 Å². The van der Waals surface area contributed by atoms with Crippen LogP contribution in [-0.4, -0.2) is 61.1 Å². The van der Waals surface area contributed by atoms with Crippen molar-refractivity contribution >= 4 is 12.0 Å². The van der Waals surface area contributed by atoms with Crippen molar-refractivity contribution in [3.05, 3.63) is 35.4 Å². The monoisotopic (exact) mass is 293 g/mol. The van der Waals surface area contributed by atoms with Crippen molar-refractivity contribution in [3.63, 3.8) is 0 Å². The molecular formula is C15H23N3O3. The molecule has 2 amide bonds. The highest BCUT2D eigenvalue weighted by Crippen LogP contribution is 2.04. The minimum absolute atomic E-state index is 0.129. The van der Waals surface area contributed by atoms with E-state index in [1.807, 2.05) is 14.1 Å². The Morgan fingerprint density at radius 1 is 1.10 bits per heavy atom. The molecule has 0 saturated heterocycles. The Hall–Kier alpha value is -2.08. The van der Waals surface area contributed by atoms with Crippen LogP contribution in [0.15, 0.2) is 24.3 Å². The van der Waals surface area contributed by atoms with Gasteiger partial charge in [0.1, 0.15) is 0 Å². The van der Waals surface area contributed by atoms with E-state index in [0.717, 1.165) is 18.5 Å². The van der Waals surface area contributed by atoms with E-state index < -0.39 is 5.97 Å². The summed E-state index contributed by atoms with van der Waals surface area (Å²) < 4.78 is 0. The number of carbonyl (C=O) groups excluding carboxylic acids is 1. The van der Waals surface area contributed by atoms with Gasteiger partial charge in [0.05, 0.1) is 5.56 Å². The van der Waals surface area contributed by atoms with Crippen molar-refractivity contribution < 1.29 is 14.7 Å². The van der Waals surface area contributed by atoms with Crippen molar-refractivity contribution in [1.29, 1.82) is 0 Å². The third kappa shape index (κ3) is 6.27. The number of nitrogens with one attached hydrogen (secondary N) is 1. The molecule has 0 bridgehead atoms. The van der Waals surface area contributed by atoms with Gasteiger partial charge < -0.3 is 20.2 Å². The molecule has 0 aromatic heterocycles. The van der Waals surface area contributed by atoms with E-state index in [1.54, 1.807) is 24.1 Å². The molecule has 0 aliphatic carbocycles. The van der Waals surface area contributed by atoms with Crippen LogP contribution in [0, 0.1) is 0 Å². The lowest BCUT2D eigenvalue weighted by Gasteiger charge is -2.19. The smallest absolute Gasteiger partial charge is 0.335 e. The fraction of sp³-hybridized carbons (Fsp3) is 0.467. The standard InChI is InChI=1S/C15H23N3O3/c1-17(2)9-4-10-18(3)15(21)16-11-12-5-7-13(8-6-12)14(19)20/h5-8H,4,9-11H2,1-3H3,(H,16,21)(H,19,20). The maximum absolute atomic E-state index is 11.9. The summed E-state index contributed by atoms with van der Waals surface area (Å²) in [6.45, 7) is 2.02. The molecule has 0 aliphatic rings. The molecule has 116 valence electrons. The van der Waals surface area contributed by atoms with Crippen molar-refractivity contribution in [2.75, 3.05) is 34.2 Å². The number of rotatable bonds is 7. The van der Waals surface area contributed by atoms with Gasteiger partial charge in [-0.25, -0.2) is 9.59 Å². The average molecular weight is 293 g/mol. The van der Waals surface area contributed by atoms with Crippen LogP contribution in [0.25, 0.3) is 0 Å². The van der Waals surface area contributed by atoms with Crippen LogP contribution in [-0.2, 0) is 6.54 Å². The fourth-order valence-corrected chi connectivity index (χ4v) is 1.80. The quantitative estimate of drug-likeness (QED) is 0.798. The molecule has 6 heteroatoms. The van der Waals surface area contributed by atoms with Crippen molar-refractivity contribution in [2.24, 2.45) is 0 Å². The van der Waals surface area contributed by atoms with Gasteiger partial charge in [-0.1, -0.05) is 12.1 Å². The maximum Gasteiger partial charge on any atom is 0.335 e. The molecule has 6 nitrogen and oxygen atoms in total. The highest BCUT2D eigenvalue weighted by atomic mass is 16.4. The number of aromatic carboxylic acids is 1. The Morgan fingerprint density at radius 3 is 2.24 bits per heavy atom. The summed E-state index contributed by atoms with van der Waals surface area (Å²) in [5, 5.41) is 11.6. The third-order valence-corrected chi connectivity index (χ3v) is 3.09. The van der Waals surface area contributed by atoms with Gasteiger partial charge in [-0.2, -0.15) is 0 Å². The molecule has 1 aromatic carbocycles. The van der Waals surface area contributed by atoms with E-state index in [0.29, 0.717) is 13.1 Å². The number of carboxylic acid groups (broad SMARTS) is 1. The number of carboxylic acids is 1. The topological polar surface area (TPSA) is 72.9 Å². The largest absolute Gasteiger partial charge is 0.478 e. The number of carbonyl (C=O) groups is 2. The van der Waals surface area contributed by atoms with Gasteiger partial charge in [-0.15, -0.1) is 0 Å². The van der Waals surface area contributed by atoms with E-state index >= 15 is 0 Å². The first-order valence-electron chi connectivity index (χ1n) is 6.86. The number of hydrogen-bond acceptors (Lipinski definition) is 3. The van der Waals surface area contributed by atoms with Gasteiger partial charge in [-0.3, -0.25) is 0 Å². The summed E-state index contributed by atoms with van der Waals surface area (Å²) in [6.07, 6.45) is 0.921. The first kappa shape index (κ1) is 17.0. The second-order valence-electron chi connectivity index (χ2n) is 5.24. The zero-order valence-electron chi connectivity index (χ0n) is 12.8. The number of nitrogens with zero attached hydrogens (tertiary/aromatic N) is 2. The maximum atomic E-state index is 11.9. The number of urea groups is 1. The fourth-order valence-electron chi connectivity index (χ4n) is 1.80. The van der Waals surface area contributed by atoms with Gasteiger partial charge in [0, 0.05) is 20.1 Å². The third-order valence-electron chi connectivity index (χ3n) is 3.09. The molecule has 0 spiro atoms. The zero-order chi connectivity index (χ0) is 15.8. The number of amides is 2. The van der Waals surface area contributed by atoms with Crippen LogP contribution in [0.3, 0.4) is 0 Å². The van der Waals surface area contributed by atoms with E-state index in [2.05, 4.69) is 10.2 Å². The molecule has 0 aliphatic heterocycles. The van der Waals surface area contributed by atoms with Crippen LogP contribution in [0.1, 0.15) is 22.3 Å². The van der Waals surface area contributed by atoms with Crippen LogP contribution in [0.5, 0.6) is 0 Å². The molecule has 21 heavy (non-hydrogen) atoms. The Kier molecular flexibility index (Phi) is 6.68. The molecule has 2 N–H and O–H groups in total. The number of hydrogen-bond donors (Lipinski definition) is 2. The Morgan fingerprint density at radius 2 is 1.71 bits per heavy atom. The summed E-state index contributed by atoms with van der Waals surface area (Å²) in [6, 6.07) is 6.34. The predicted octanol–water partition coefficient (Wildman–Crippen LogP) is 1.48. The van der Waals surface area contributed by atoms with Crippen LogP contribution in [0.4, 0.5) is 4.79 Å². The van der Waals surface area contributed by atoms with Gasteiger partial charge >= 0.3 is 12.0 Å². The molecule has 0 radical (unpaired) electrons. The lowest BCUT2D eigenvalue weighted by Crippen LogP contribution is -2.38. The van der Waals surface area contributed by atoms with E-state index in [1.165, 1.54) is 12.1 Å². The summed E-state index contributed by atoms with van der Waals surface area (Å²) in [5.74, 6) is -0.953. The molecular weight excluding hydrogens is 270 g/mol. The van der Waals surface area contributed by atoms with E-state index in [9.17, 15) is 9.59 Å². The lowest BCUT2D eigenvalue weighted by molar-refractivity contribution is 0.0697. The second-order valence-corrected chi connectivity index (χ2v) is 5.24. The highest BCUT2D eigenvalue weighted by Gasteiger charge is 2.08. The molecule has 0 saturated carbocycles. The molecule has 0 unspecified atom stereocenters. The predicted molar refractivity (Wildman–Crippen MR) is 81.4 cm³/mol. The minimum Gasteiger partial charge on any atom is -0.478 e. The van der Waals surface area contributed by atoms with Crippen molar-refractivity contribution in [1.82, 2.24) is 15.1 Å². The minimum atomic E-state index is -0.953. The summed E-state index contributed by atoms with van der Waals surface area (Å²) >= 11 is 0. The lowest BCUT2D eigenvalue weighted by atomic mass is 10.1. The van der Waals surface area contributed by atoms with Gasteiger partial charge in [0.2, 0.25) is 0 Å². The molecule has 0 atom stereocenters. The Bertz CT molecular complexity index is 472. The molecule has 0 fully saturated rings. The normalized spacial score (nSPS) is 10.5. The first-order chi connectivity index (χ1) is 9.90. The first-order valence-corrected chi connectivity index (χ1v) is 6.86. The highest BCUT2D eigenvalue weighted by molar-refractivity contribution is 5.87. The summed E-state index contributed by atoms with van der Waals surface area (Å²) in [5.41, 5.74) is 1.11. The van der Waals surface area contributed by atoms with Gasteiger partial charge in [0.25, 0.3) is 0 Å². The Balaban J connectivity index is 2.36. The van der Waals surface area contributed by atoms with Crippen LogP contribution >= 0.6 is 0 Å². The van der Waals surface area contributed by atoms with Crippen LogP contribution < -0.4 is 5.32 Å². The zero-order valence-corrected chi connectivity index (χ0v) is 12.8. The Labute approximate surface area is 125 Å². The molecule has 0 heterocycles. The molecule has 1 rings (SSSR count). The molecule has 1 aromatic rings. The summed E-state index contributed by atoms with van der Waals surface area (Å²) in [7, 11) is 5.76. The second kappa shape index (κ2) is 8.26. The van der Waals surface area contributed by atoms with Crippen molar-refractivity contribution in [3.8, 4) is 0 Å². The summed E-state index contributed by atoms with van der Waals surface area (Å²) in [4.78, 5) is 26.3. The van der Waals surface area contributed by atoms with Crippen molar-refractivity contribution in [2.45, 2.75) is 13.0 Å². The SMILES string of the molecule is CN(C)CCCN(C)C(=O)NCc1ccc(C(=O)O)cc1. The average Bonchev–Trinajstić information content (AvgIpc) is 2.44. The number of benzene rings is 1. The van der Waals surface area contributed by atoms with E-state index in [4.69, 9.17) is 5.11 Å². The van der Waals surface area contributed by atoms with Crippen LogP contribution in [0.2, 0.25) is 0 Å². The van der Waals surface area contributed by atoms with Gasteiger partial charge in [-0.05, 0) is 44.8 Å².